The van der Waals surface area contributed by atoms with E-state index in [2.05, 4.69) is 10.0 Å². The minimum atomic E-state index is -2.96. The van der Waals surface area contributed by atoms with Crippen molar-refractivity contribution in [2.24, 2.45) is 5.11 Å². The number of ether oxygens (including phenoxy) is 1. The lowest BCUT2D eigenvalue weighted by atomic mass is 10.0. The number of sulfone groups is 1. The highest BCUT2D eigenvalue weighted by molar-refractivity contribution is 7.91. The van der Waals surface area contributed by atoms with E-state index in [1.54, 1.807) is 12.1 Å². The highest BCUT2D eigenvalue weighted by Crippen LogP contribution is 2.26. The lowest BCUT2D eigenvalue weighted by molar-refractivity contribution is 0.0722. The van der Waals surface area contributed by atoms with Crippen molar-refractivity contribution in [2.45, 2.75) is 18.6 Å². The largest absolute Gasteiger partial charge is 0.376 e. The summed E-state index contributed by atoms with van der Waals surface area (Å²) in [5, 5.41) is 3.43. The molecule has 1 fully saturated rings. The van der Waals surface area contributed by atoms with Gasteiger partial charge in [0.25, 0.3) is 0 Å². The van der Waals surface area contributed by atoms with Gasteiger partial charge in [-0.3, -0.25) is 4.39 Å². The molecule has 0 unspecified atom stereocenters. The molecule has 1 saturated heterocycles. The zero-order chi connectivity index (χ0) is 17.6. The number of anilines is 1. The first-order valence-electron chi connectivity index (χ1n) is 7.69. The summed E-state index contributed by atoms with van der Waals surface area (Å²) in [5.74, 6) is 0.369. The molecule has 1 aromatic carbocycles. The maximum atomic E-state index is 13.0. The first-order chi connectivity index (χ1) is 11.5. The predicted octanol–water partition coefficient (Wildman–Crippen LogP) is 2.65. The highest BCUT2D eigenvalue weighted by Gasteiger charge is 2.23. The number of hydrogen-bond donors (Lipinski definition) is 0. The number of methoxy groups -OCH3 is 1. The number of azide groups is 1. The molecule has 1 aliphatic heterocycles. The lowest BCUT2D eigenvalue weighted by Gasteiger charge is -2.24. The number of hydrogen-bond acceptors (Lipinski definition) is 5. The zero-order valence-corrected chi connectivity index (χ0v) is 14.3. The SMILES string of the molecule is CO[C@H](c1ccc(N2CCCS(=O)(=O)CC2)cc1)[C@@H](CF)N=[N+]=[N-]. The molecule has 2 rings (SSSR count). The summed E-state index contributed by atoms with van der Waals surface area (Å²) in [5.41, 5.74) is 10.1. The second-order valence-electron chi connectivity index (χ2n) is 5.67. The van der Waals surface area contributed by atoms with E-state index >= 15 is 0 Å². The summed E-state index contributed by atoms with van der Waals surface area (Å²) in [7, 11) is -1.52. The molecule has 132 valence electrons. The number of halogens is 1. The van der Waals surface area contributed by atoms with Crippen LogP contribution in [0.2, 0.25) is 0 Å². The van der Waals surface area contributed by atoms with Gasteiger partial charge in [-0.25, -0.2) is 8.42 Å². The first-order valence-corrected chi connectivity index (χ1v) is 9.51. The van der Waals surface area contributed by atoms with Crippen LogP contribution < -0.4 is 4.90 Å². The van der Waals surface area contributed by atoms with Gasteiger partial charge in [-0.05, 0) is 29.6 Å². The average Bonchev–Trinajstić information content (AvgIpc) is 2.76. The van der Waals surface area contributed by atoms with Crippen LogP contribution in [0.3, 0.4) is 0 Å². The van der Waals surface area contributed by atoms with Crippen molar-refractivity contribution in [1.82, 2.24) is 0 Å². The van der Waals surface area contributed by atoms with Gasteiger partial charge >= 0.3 is 0 Å². The normalized spacial score (nSPS) is 19.8. The van der Waals surface area contributed by atoms with E-state index in [1.807, 2.05) is 17.0 Å². The third-order valence-electron chi connectivity index (χ3n) is 4.10. The van der Waals surface area contributed by atoms with Gasteiger partial charge < -0.3 is 9.64 Å². The third-order valence-corrected chi connectivity index (χ3v) is 5.82. The Bertz CT molecular complexity index is 689. The molecule has 0 aromatic heterocycles. The van der Waals surface area contributed by atoms with Crippen LogP contribution in [0.1, 0.15) is 18.1 Å². The van der Waals surface area contributed by atoms with Crippen molar-refractivity contribution in [3.8, 4) is 0 Å². The first kappa shape index (κ1) is 18.5. The predicted molar refractivity (Wildman–Crippen MR) is 90.6 cm³/mol. The maximum absolute atomic E-state index is 13.0. The van der Waals surface area contributed by atoms with Gasteiger partial charge in [0.2, 0.25) is 0 Å². The molecule has 0 saturated carbocycles. The molecule has 1 aliphatic rings. The van der Waals surface area contributed by atoms with Gasteiger partial charge in [0.05, 0.1) is 23.7 Å². The van der Waals surface area contributed by atoms with Crippen LogP contribution in [0.4, 0.5) is 10.1 Å². The quantitative estimate of drug-likeness (QED) is 0.445. The monoisotopic (exact) mass is 356 g/mol. The fourth-order valence-electron chi connectivity index (χ4n) is 2.83. The van der Waals surface area contributed by atoms with E-state index in [-0.39, 0.29) is 11.5 Å². The summed E-state index contributed by atoms with van der Waals surface area (Å²) >= 11 is 0. The van der Waals surface area contributed by atoms with Gasteiger partial charge in [0.15, 0.2) is 9.84 Å². The van der Waals surface area contributed by atoms with Crippen LogP contribution in [0, 0.1) is 0 Å². The van der Waals surface area contributed by atoms with E-state index in [1.165, 1.54) is 7.11 Å². The van der Waals surface area contributed by atoms with E-state index in [0.717, 1.165) is 5.69 Å². The molecule has 24 heavy (non-hydrogen) atoms. The number of alkyl halides is 1. The van der Waals surface area contributed by atoms with E-state index < -0.39 is 28.7 Å². The number of rotatable bonds is 6. The Morgan fingerprint density at radius 1 is 1.33 bits per heavy atom. The third kappa shape index (κ3) is 4.59. The van der Waals surface area contributed by atoms with Crippen molar-refractivity contribution >= 4 is 15.5 Å². The van der Waals surface area contributed by atoms with E-state index in [0.29, 0.717) is 25.1 Å². The van der Waals surface area contributed by atoms with Gasteiger partial charge in [-0.15, -0.1) is 0 Å². The average molecular weight is 356 g/mol. The van der Waals surface area contributed by atoms with Gasteiger partial charge in [0, 0.05) is 30.8 Å². The molecule has 2 atom stereocenters. The smallest absolute Gasteiger partial charge is 0.152 e. The molecule has 1 heterocycles. The van der Waals surface area contributed by atoms with Crippen molar-refractivity contribution in [3.05, 3.63) is 40.3 Å². The Kier molecular flexibility index (Phi) is 6.42. The molecule has 0 N–H and O–H groups in total. The molecule has 0 radical (unpaired) electrons. The Morgan fingerprint density at radius 2 is 2.04 bits per heavy atom. The van der Waals surface area contributed by atoms with Gasteiger partial charge in [-0.2, -0.15) is 0 Å². The summed E-state index contributed by atoms with van der Waals surface area (Å²) < 4.78 is 41.7. The topological polar surface area (TPSA) is 95.4 Å². The Balaban J connectivity index is 2.15. The molecule has 0 amide bonds. The summed E-state index contributed by atoms with van der Waals surface area (Å²) in [6.45, 7) is 0.327. The van der Waals surface area contributed by atoms with Crippen molar-refractivity contribution in [2.75, 3.05) is 43.3 Å². The molecular weight excluding hydrogens is 335 g/mol. The Hall–Kier alpha value is -1.83. The second kappa shape index (κ2) is 8.32. The van der Waals surface area contributed by atoms with Gasteiger partial charge in [-0.1, -0.05) is 17.2 Å². The Morgan fingerprint density at radius 3 is 2.62 bits per heavy atom. The summed E-state index contributed by atoms with van der Waals surface area (Å²) in [6.07, 6.45) is -0.0598. The van der Waals surface area contributed by atoms with Crippen molar-refractivity contribution < 1.29 is 17.5 Å². The maximum Gasteiger partial charge on any atom is 0.152 e. The van der Waals surface area contributed by atoms with Crippen LogP contribution in [-0.2, 0) is 14.6 Å². The molecule has 9 heteroatoms. The number of nitrogens with zero attached hydrogens (tertiary/aromatic N) is 4. The van der Waals surface area contributed by atoms with Crippen LogP contribution in [0.5, 0.6) is 0 Å². The van der Waals surface area contributed by atoms with Gasteiger partial charge in [0.1, 0.15) is 6.67 Å². The number of benzene rings is 1. The van der Waals surface area contributed by atoms with E-state index in [4.69, 9.17) is 10.3 Å². The fraction of sp³-hybridized carbons (Fsp3) is 0.600. The zero-order valence-electron chi connectivity index (χ0n) is 13.5. The lowest BCUT2D eigenvalue weighted by Crippen LogP contribution is -2.26. The summed E-state index contributed by atoms with van der Waals surface area (Å²) in [4.78, 5) is 4.68. The highest BCUT2D eigenvalue weighted by atomic mass is 32.2. The molecule has 0 aliphatic carbocycles. The van der Waals surface area contributed by atoms with Crippen LogP contribution in [-0.4, -0.2) is 52.8 Å². The molecule has 0 bridgehead atoms. The minimum absolute atomic E-state index is 0.149. The van der Waals surface area contributed by atoms with Crippen LogP contribution in [0.15, 0.2) is 29.4 Å². The second-order valence-corrected chi connectivity index (χ2v) is 7.97. The van der Waals surface area contributed by atoms with Crippen molar-refractivity contribution in [1.29, 1.82) is 0 Å². The molecule has 7 nitrogen and oxygen atoms in total. The van der Waals surface area contributed by atoms with Crippen molar-refractivity contribution in [3.63, 3.8) is 0 Å². The minimum Gasteiger partial charge on any atom is -0.376 e. The molecular formula is C15H21FN4O3S. The van der Waals surface area contributed by atoms with E-state index in [9.17, 15) is 12.8 Å². The standard InChI is InChI=1S/C15H21FN4O3S/c1-23-15(14(11-16)18-19-17)12-3-5-13(6-4-12)20-7-2-9-24(21,22)10-8-20/h3-6,14-15H,2,7-11H2,1H3/t14-,15-/m1/s1. The molecule has 0 spiro atoms. The van der Waals surface area contributed by atoms with Crippen LogP contribution in [0.25, 0.3) is 10.4 Å². The Labute approximate surface area is 141 Å². The molecule has 1 aromatic rings. The van der Waals surface area contributed by atoms with Crippen LogP contribution >= 0.6 is 0 Å². The summed E-state index contributed by atoms with van der Waals surface area (Å²) in [6, 6.07) is 6.36. The fourth-order valence-corrected chi connectivity index (χ4v) is 4.10.